The lowest BCUT2D eigenvalue weighted by molar-refractivity contribution is -0.141. The van der Waals surface area contributed by atoms with Crippen LogP contribution in [-0.2, 0) is 16.3 Å². The Bertz CT molecular complexity index is 571. The fraction of sp³-hybridized carbons (Fsp3) is 0.417. The molecule has 0 saturated heterocycles. The third kappa shape index (κ3) is 2.26. The van der Waals surface area contributed by atoms with E-state index in [1.165, 1.54) is 0 Å². The van der Waals surface area contributed by atoms with E-state index in [1.54, 1.807) is 0 Å². The van der Waals surface area contributed by atoms with E-state index < -0.39 is 23.3 Å². The molecule has 1 aliphatic rings. The molecule has 0 aliphatic heterocycles. The van der Waals surface area contributed by atoms with Crippen LogP contribution in [0.4, 0.5) is 13.2 Å². The molecular weight excluding hydrogens is 261 g/mol. The molecule has 1 heterocycles. The Morgan fingerprint density at radius 1 is 1.47 bits per heavy atom. The summed E-state index contributed by atoms with van der Waals surface area (Å²) in [5, 5.41) is 9.06. The molecule has 0 spiro atoms. The van der Waals surface area contributed by atoms with Crippen LogP contribution in [0.3, 0.4) is 0 Å². The topological polar surface area (TPSA) is 63.0 Å². The Morgan fingerprint density at radius 2 is 2.11 bits per heavy atom. The Labute approximate surface area is 106 Å². The molecular formula is C12H9F3N2O2. The first-order valence-corrected chi connectivity index (χ1v) is 5.42. The third-order valence-electron chi connectivity index (χ3n) is 3.01. The average Bonchev–Trinajstić information content (AvgIpc) is 3.17. The van der Waals surface area contributed by atoms with Gasteiger partial charge in [-0.3, -0.25) is 0 Å². The molecule has 0 aromatic carbocycles. The zero-order valence-electron chi connectivity index (χ0n) is 9.91. The molecule has 1 aromatic rings. The fourth-order valence-electron chi connectivity index (χ4n) is 1.78. The van der Waals surface area contributed by atoms with Gasteiger partial charge in [0.15, 0.2) is 0 Å². The molecule has 1 aromatic heterocycles. The second kappa shape index (κ2) is 4.23. The van der Waals surface area contributed by atoms with E-state index in [9.17, 15) is 18.0 Å². The van der Waals surface area contributed by atoms with E-state index >= 15 is 0 Å². The van der Waals surface area contributed by atoms with Crippen molar-refractivity contribution >= 4 is 5.97 Å². The predicted molar refractivity (Wildman–Crippen MR) is 57.1 cm³/mol. The van der Waals surface area contributed by atoms with Gasteiger partial charge in [-0.05, 0) is 25.0 Å². The molecule has 4 nitrogen and oxygen atoms in total. The van der Waals surface area contributed by atoms with Crippen LogP contribution >= 0.6 is 0 Å². The van der Waals surface area contributed by atoms with Crippen LogP contribution in [0.25, 0.3) is 0 Å². The highest BCUT2D eigenvalue weighted by atomic mass is 19.4. The molecule has 0 N–H and O–H groups in total. The quantitative estimate of drug-likeness (QED) is 0.774. The third-order valence-corrected chi connectivity index (χ3v) is 3.01. The number of rotatable bonds is 2. The summed E-state index contributed by atoms with van der Waals surface area (Å²) in [6.45, 7) is 0. The fourth-order valence-corrected chi connectivity index (χ4v) is 1.78. The maximum atomic E-state index is 12.6. The van der Waals surface area contributed by atoms with Crippen molar-refractivity contribution in [3.63, 3.8) is 0 Å². The van der Waals surface area contributed by atoms with Crippen molar-refractivity contribution in [3.8, 4) is 6.07 Å². The van der Waals surface area contributed by atoms with Crippen molar-refractivity contribution in [2.75, 3.05) is 7.11 Å². The first-order valence-electron chi connectivity index (χ1n) is 5.42. The van der Waals surface area contributed by atoms with Gasteiger partial charge in [-0.1, -0.05) is 0 Å². The Balaban J connectivity index is 2.59. The second-order valence-electron chi connectivity index (χ2n) is 4.28. The van der Waals surface area contributed by atoms with E-state index in [1.807, 2.05) is 6.07 Å². The molecule has 1 saturated carbocycles. The Morgan fingerprint density at radius 3 is 2.53 bits per heavy atom. The molecule has 0 atom stereocenters. The lowest BCUT2D eigenvalue weighted by atomic mass is 9.98. The first kappa shape index (κ1) is 13.3. The maximum absolute atomic E-state index is 12.6. The molecule has 1 fully saturated rings. The molecule has 19 heavy (non-hydrogen) atoms. The van der Waals surface area contributed by atoms with Crippen LogP contribution in [0, 0.1) is 11.3 Å². The number of esters is 1. The first-order chi connectivity index (χ1) is 8.84. The Kier molecular flexibility index (Phi) is 2.97. The zero-order chi connectivity index (χ0) is 14.3. The summed E-state index contributed by atoms with van der Waals surface area (Å²) in [7, 11) is 1.12. The number of nitriles is 1. The lowest BCUT2D eigenvalue weighted by Crippen LogP contribution is -2.19. The van der Waals surface area contributed by atoms with E-state index in [0.717, 1.165) is 13.2 Å². The van der Waals surface area contributed by atoms with Crippen molar-refractivity contribution in [1.82, 2.24) is 4.98 Å². The minimum Gasteiger partial charge on any atom is -0.465 e. The van der Waals surface area contributed by atoms with Gasteiger partial charge in [-0.2, -0.15) is 18.4 Å². The van der Waals surface area contributed by atoms with Crippen molar-refractivity contribution in [2.45, 2.75) is 24.4 Å². The van der Waals surface area contributed by atoms with Crippen molar-refractivity contribution < 1.29 is 22.7 Å². The lowest BCUT2D eigenvalue weighted by Gasteiger charge is -2.13. The van der Waals surface area contributed by atoms with Crippen LogP contribution < -0.4 is 0 Å². The van der Waals surface area contributed by atoms with Crippen LogP contribution in [0.15, 0.2) is 12.1 Å². The number of nitrogens with zero attached hydrogens (tertiary/aromatic N) is 2. The van der Waals surface area contributed by atoms with Gasteiger partial charge in [0.25, 0.3) is 0 Å². The average molecular weight is 270 g/mol. The molecule has 0 radical (unpaired) electrons. The van der Waals surface area contributed by atoms with Crippen molar-refractivity contribution in [1.29, 1.82) is 5.26 Å². The smallest absolute Gasteiger partial charge is 0.433 e. The summed E-state index contributed by atoms with van der Waals surface area (Å²) in [5.41, 5.74) is -2.44. The number of halogens is 3. The van der Waals surface area contributed by atoms with Crippen molar-refractivity contribution in [3.05, 3.63) is 29.1 Å². The SMILES string of the molecule is COC(=O)c1ccc(C(F)(F)F)nc1C1(C#N)CC1. The van der Waals surface area contributed by atoms with E-state index in [2.05, 4.69) is 9.72 Å². The maximum Gasteiger partial charge on any atom is 0.433 e. The van der Waals surface area contributed by atoms with Crippen LogP contribution in [-0.4, -0.2) is 18.1 Å². The predicted octanol–water partition coefficient (Wildman–Crippen LogP) is 2.44. The van der Waals surface area contributed by atoms with Gasteiger partial charge >= 0.3 is 12.1 Å². The number of hydrogen-bond donors (Lipinski definition) is 0. The summed E-state index contributed by atoms with van der Waals surface area (Å²) in [6.07, 6.45) is -3.83. The van der Waals surface area contributed by atoms with Crippen molar-refractivity contribution in [2.24, 2.45) is 0 Å². The Hall–Kier alpha value is -2.10. The second-order valence-corrected chi connectivity index (χ2v) is 4.28. The molecule has 0 bridgehead atoms. The van der Waals surface area contributed by atoms with Crippen LogP contribution in [0.2, 0.25) is 0 Å². The summed E-state index contributed by atoms with van der Waals surface area (Å²) >= 11 is 0. The van der Waals surface area contributed by atoms with E-state index in [-0.39, 0.29) is 11.3 Å². The zero-order valence-corrected chi connectivity index (χ0v) is 9.91. The minimum absolute atomic E-state index is 0.0884. The monoisotopic (exact) mass is 270 g/mol. The number of aromatic nitrogens is 1. The van der Waals surface area contributed by atoms with Gasteiger partial charge in [-0.15, -0.1) is 0 Å². The number of hydrogen-bond acceptors (Lipinski definition) is 4. The number of alkyl halides is 3. The van der Waals surface area contributed by atoms with E-state index in [4.69, 9.17) is 5.26 Å². The van der Waals surface area contributed by atoms with Gasteiger partial charge in [0.2, 0.25) is 0 Å². The molecule has 2 rings (SSSR count). The minimum atomic E-state index is -4.62. The molecule has 0 amide bonds. The summed E-state index contributed by atoms with van der Waals surface area (Å²) in [6, 6.07) is 3.65. The highest BCUT2D eigenvalue weighted by Gasteiger charge is 2.49. The van der Waals surface area contributed by atoms with Gasteiger partial charge in [0, 0.05) is 0 Å². The molecule has 0 unspecified atom stereocenters. The van der Waals surface area contributed by atoms with Crippen LogP contribution in [0.5, 0.6) is 0 Å². The largest absolute Gasteiger partial charge is 0.465 e. The normalized spacial score (nSPS) is 16.6. The summed E-state index contributed by atoms with van der Waals surface area (Å²) in [5.74, 6) is -0.794. The molecule has 7 heteroatoms. The van der Waals surface area contributed by atoms with Gasteiger partial charge in [0.05, 0.1) is 24.4 Å². The number of pyridine rings is 1. The summed E-state index contributed by atoms with van der Waals surface area (Å²) < 4.78 is 42.4. The number of methoxy groups -OCH3 is 1. The van der Waals surface area contributed by atoms with Gasteiger partial charge < -0.3 is 4.74 Å². The number of carbonyl (C=O) groups excluding carboxylic acids is 1. The number of ether oxygens (including phenoxy) is 1. The highest BCUT2D eigenvalue weighted by molar-refractivity contribution is 5.91. The van der Waals surface area contributed by atoms with Crippen LogP contribution in [0.1, 0.15) is 34.6 Å². The highest BCUT2D eigenvalue weighted by Crippen LogP contribution is 2.48. The van der Waals surface area contributed by atoms with Gasteiger partial charge in [0.1, 0.15) is 11.1 Å². The standard InChI is InChI=1S/C12H9F3N2O2/c1-19-10(18)7-2-3-8(12(13,14)15)17-9(7)11(6-16)4-5-11/h2-3H,4-5H2,1H3. The molecule has 1 aliphatic carbocycles. The van der Waals surface area contributed by atoms with E-state index in [0.29, 0.717) is 18.9 Å². The van der Waals surface area contributed by atoms with Gasteiger partial charge in [-0.25, -0.2) is 9.78 Å². The number of carbonyl (C=O) groups is 1. The molecule has 100 valence electrons. The summed E-state index contributed by atoms with van der Waals surface area (Å²) in [4.78, 5) is 15.0.